The van der Waals surface area contributed by atoms with Crippen LogP contribution in [0.25, 0.3) is 0 Å². The fourth-order valence-electron chi connectivity index (χ4n) is 7.79. The van der Waals surface area contributed by atoms with Gasteiger partial charge in [-0.3, -0.25) is 43.3 Å². The number of primary amides is 1. The standard InChI is InChI=1S/C38H63N11O10S/c1-21(2)30(34(55)45-25(15-20-60-4)35(56)49-19-8-12-28(49)37(58)59)46-32(53)23(9-5-16-42-38(40)41)43-31(52)24(13-14-29(39)51)44-33(54)26-10-6-18-48(26)36(57)27-11-7-17-47(27)22(3)50/h21,23-28,30H,5-20H2,1-4H3,(H2,39,51)(H,43,52)(H,44,54)(H,45,55)(H,46,53)(H,58,59)(H4,40,41,42)/t23-,24-,25-,26-,27-,28-,30-/m0/s1. The van der Waals surface area contributed by atoms with E-state index in [1.165, 1.54) is 33.4 Å². The Morgan fingerprint density at radius 2 is 1.28 bits per heavy atom. The minimum absolute atomic E-state index is 0.0312. The van der Waals surface area contributed by atoms with Crippen LogP contribution in [0.1, 0.15) is 91.4 Å². The molecule has 0 unspecified atom stereocenters. The highest BCUT2D eigenvalue weighted by atomic mass is 32.2. The Hall–Kier alpha value is -5.15. The van der Waals surface area contributed by atoms with Gasteiger partial charge in [-0.1, -0.05) is 13.8 Å². The summed E-state index contributed by atoms with van der Waals surface area (Å²) in [5.41, 5.74) is 16.4. The van der Waals surface area contributed by atoms with Gasteiger partial charge >= 0.3 is 5.97 Å². The van der Waals surface area contributed by atoms with Crippen molar-refractivity contribution in [3.8, 4) is 0 Å². The first-order chi connectivity index (χ1) is 28.4. The average molecular weight is 866 g/mol. The van der Waals surface area contributed by atoms with Crippen LogP contribution in [0.2, 0.25) is 0 Å². The number of nitrogens with zero attached hydrogens (tertiary/aromatic N) is 4. The van der Waals surface area contributed by atoms with Gasteiger partial charge in [-0.05, 0) is 82.1 Å². The van der Waals surface area contributed by atoms with E-state index in [9.17, 15) is 48.3 Å². The molecular formula is C38H63N11O10S. The Labute approximate surface area is 354 Å². The molecule has 3 saturated heterocycles. The zero-order chi connectivity index (χ0) is 44.7. The molecule has 60 heavy (non-hydrogen) atoms. The molecule has 8 amide bonds. The molecule has 3 aliphatic heterocycles. The van der Waals surface area contributed by atoms with Crippen LogP contribution in [0.5, 0.6) is 0 Å². The second-order valence-electron chi connectivity index (χ2n) is 15.7. The molecule has 22 heteroatoms. The van der Waals surface area contributed by atoms with Gasteiger partial charge in [-0.15, -0.1) is 0 Å². The molecule has 3 aliphatic rings. The molecule has 0 aliphatic carbocycles. The summed E-state index contributed by atoms with van der Waals surface area (Å²) in [5.74, 6) is -6.23. The van der Waals surface area contributed by atoms with E-state index in [-0.39, 0.29) is 69.5 Å². The van der Waals surface area contributed by atoms with E-state index in [1.54, 1.807) is 13.8 Å². The van der Waals surface area contributed by atoms with Crippen molar-refractivity contribution >= 4 is 70.9 Å². The summed E-state index contributed by atoms with van der Waals surface area (Å²) in [6.07, 6.45) is 4.35. The topological polar surface area (TPSA) is 322 Å². The third-order valence-corrected chi connectivity index (χ3v) is 11.6. The molecule has 21 nitrogen and oxygen atoms in total. The Balaban J connectivity index is 1.82. The quantitative estimate of drug-likeness (QED) is 0.0324. The lowest BCUT2D eigenvalue weighted by Gasteiger charge is -2.31. The van der Waals surface area contributed by atoms with Crippen molar-refractivity contribution in [1.82, 2.24) is 36.0 Å². The maximum absolute atomic E-state index is 14.0. The normalized spacial score (nSPS) is 20.8. The van der Waals surface area contributed by atoms with E-state index in [0.29, 0.717) is 50.8 Å². The number of carbonyl (C=O) groups excluding carboxylic acids is 8. The van der Waals surface area contributed by atoms with Crippen molar-refractivity contribution in [1.29, 1.82) is 0 Å². The number of thioether (sulfide) groups is 1. The third kappa shape index (κ3) is 14.0. The molecule has 0 radical (unpaired) electrons. The van der Waals surface area contributed by atoms with Crippen LogP contribution in [0.15, 0.2) is 4.99 Å². The molecule has 3 fully saturated rings. The molecule has 0 aromatic heterocycles. The maximum Gasteiger partial charge on any atom is 0.326 e. The summed E-state index contributed by atoms with van der Waals surface area (Å²) in [4.78, 5) is 127. The second-order valence-corrected chi connectivity index (χ2v) is 16.7. The van der Waals surface area contributed by atoms with Crippen molar-refractivity contribution in [2.24, 2.45) is 28.1 Å². The predicted octanol–water partition coefficient (Wildman–Crippen LogP) is -2.27. The van der Waals surface area contributed by atoms with Crippen molar-refractivity contribution < 1.29 is 48.3 Å². The molecule has 0 spiro atoms. The second kappa shape index (κ2) is 23.6. The molecule has 7 atom stereocenters. The number of carboxylic acids is 1. The largest absolute Gasteiger partial charge is 0.480 e. The number of aliphatic carboxylic acids is 1. The van der Waals surface area contributed by atoms with Crippen LogP contribution in [-0.4, -0.2) is 159 Å². The van der Waals surface area contributed by atoms with Crippen LogP contribution in [-0.2, 0) is 43.2 Å². The number of amides is 8. The Morgan fingerprint density at radius 3 is 1.87 bits per heavy atom. The lowest BCUT2D eigenvalue weighted by Crippen LogP contribution is -2.60. The third-order valence-electron chi connectivity index (χ3n) is 11.0. The number of likely N-dealkylation sites (tertiary alicyclic amines) is 3. The van der Waals surface area contributed by atoms with E-state index in [4.69, 9.17) is 17.2 Å². The predicted molar refractivity (Wildman–Crippen MR) is 221 cm³/mol. The summed E-state index contributed by atoms with van der Waals surface area (Å²) < 4.78 is 0. The smallest absolute Gasteiger partial charge is 0.326 e. The van der Waals surface area contributed by atoms with Gasteiger partial charge < -0.3 is 58.3 Å². The Bertz CT molecular complexity index is 1630. The number of carbonyl (C=O) groups is 9. The molecule has 0 saturated carbocycles. The van der Waals surface area contributed by atoms with Gasteiger partial charge in [-0.2, -0.15) is 11.8 Å². The zero-order valence-electron chi connectivity index (χ0n) is 35.0. The molecule has 3 heterocycles. The highest BCUT2D eigenvalue weighted by Gasteiger charge is 2.43. The van der Waals surface area contributed by atoms with E-state index in [2.05, 4.69) is 26.3 Å². The van der Waals surface area contributed by atoms with Crippen molar-refractivity contribution in [2.75, 3.05) is 38.2 Å². The minimum atomic E-state index is -1.37. The summed E-state index contributed by atoms with van der Waals surface area (Å²) >= 11 is 1.44. The first kappa shape index (κ1) is 49.2. The molecule has 0 bridgehead atoms. The number of carboxylic acid groups (broad SMARTS) is 1. The van der Waals surface area contributed by atoms with Crippen molar-refractivity contribution in [2.45, 2.75) is 134 Å². The SMILES string of the molecule is CSCC[C@H](NC(=O)[C@@H](NC(=O)[C@H](CCCN=C(N)N)NC(=O)[C@H](CCC(N)=O)NC(=O)[C@@H]1CCCN1C(=O)[C@@H]1CCCN1C(C)=O)C(C)C)C(=O)N1CCC[C@H]1C(=O)O. The fourth-order valence-corrected chi connectivity index (χ4v) is 8.27. The Kier molecular flexibility index (Phi) is 19.3. The van der Waals surface area contributed by atoms with Gasteiger partial charge in [0.2, 0.25) is 47.3 Å². The van der Waals surface area contributed by atoms with E-state index in [1.807, 2.05) is 6.26 Å². The molecular weight excluding hydrogens is 803 g/mol. The van der Waals surface area contributed by atoms with E-state index >= 15 is 0 Å². The van der Waals surface area contributed by atoms with E-state index in [0.717, 1.165) is 0 Å². The highest BCUT2D eigenvalue weighted by Crippen LogP contribution is 2.25. The number of hydrogen-bond acceptors (Lipinski definition) is 11. The molecule has 336 valence electrons. The molecule has 0 aromatic rings. The van der Waals surface area contributed by atoms with Gasteiger partial charge in [0.25, 0.3) is 0 Å². The summed E-state index contributed by atoms with van der Waals surface area (Å²) in [5, 5.41) is 20.4. The molecule has 3 rings (SSSR count). The summed E-state index contributed by atoms with van der Waals surface area (Å²) in [7, 11) is 0. The van der Waals surface area contributed by atoms with Crippen LogP contribution in [0.3, 0.4) is 0 Å². The lowest BCUT2D eigenvalue weighted by atomic mass is 10.0. The van der Waals surface area contributed by atoms with Crippen molar-refractivity contribution in [3.63, 3.8) is 0 Å². The number of nitrogens with two attached hydrogens (primary N) is 3. The Morgan fingerprint density at radius 1 is 0.717 bits per heavy atom. The number of guanidine groups is 1. The summed E-state index contributed by atoms with van der Waals surface area (Å²) in [6, 6.07) is -7.62. The zero-order valence-corrected chi connectivity index (χ0v) is 35.8. The number of aliphatic imine (C=N–C) groups is 1. The number of nitrogens with one attached hydrogen (secondary N) is 4. The highest BCUT2D eigenvalue weighted by molar-refractivity contribution is 7.98. The van der Waals surface area contributed by atoms with Crippen LogP contribution in [0.4, 0.5) is 0 Å². The van der Waals surface area contributed by atoms with Gasteiger partial charge in [0.15, 0.2) is 5.96 Å². The van der Waals surface area contributed by atoms with Gasteiger partial charge in [-0.25, -0.2) is 4.79 Å². The molecule has 0 aromatic carbocycles. The first-order valence-corrected chi connectivity index (χ1v) is 21.9. The van der Waals surface area contributed by atoms with Gasteiger partial charge in [0.05, 0.1) is 0 Å². The monoisotopic (exact) mass is 865 g/mol. The van der Waals surface area contributed by atoms with Crippen LogP contribution >= 0.6 is 11.8 Å². The van der Waals surface area contributed by atoms with E-state index < -0.39 is 89.6 Å². The minimum Gasteiger partial charge on any atom is -0.480 e. The van der Waals surface area contributed by atoms with Crippen LogP contribution < -0.4 is 38.5 Å². The van der Waals surface area contributed by atoms with Gasteiger partial charge in [0, 0.05) is 39.5 Å². The maximum atomic E-state index is 14.0. The van der Waals surface area contributed by atoms with Crippen molar-refractivity contribution in [3.05, 3.63) is 0 Å². The fraction of sp³-hybridized carbons (Fsp3) is 0.737. The number of hydrogen-bond donors (Lipinski definition) is 8. The van der Waals surface area contributed by atoms with Gasteiger partial charge in [0.1, 0.15) is 42.3 Å². The van der Waals surface area contributed by atoms with Crippen LogP contribution in [0, 0.1) is 5.92 Å². The average Bonchev–Trinajstić information content (AvgIpc) is 3.99. The summed E-state index contributed by atoms with van der Waals surface area (Å²) in [6.45, 7) is 5.74. The lowest BCUT2D eigenvalue weighted by molar-refractivity contribution is -0.149. The molecule has 11 N–H and O–H groups in total. The number of rotatable bonds is 22. The first-order valence-electron chi connectivity index (χ1n) is 20.5.